The Kier molecular flexibility index (Phi) is 7.06. The second-order valence-corrected chi connectivity index (χ2v) is 8.30. The topological polar surface area (TPSA) is 83.6 Å². The van der Waals surface area contributed by atoms with Crippen molar-refractivity contribution in [2.24, 2.45) is 5.92 Å². The van der Waals surface area contributed by atoms with E-state index >= 15 is 0 Å². The molecule has 34 heavy (non-hydrogen) atoms. The van der Waals surface area contributed by atoms with Crippen LogP contribution in [-0.4, -0.2) is 37.0 Å². The molecule has 3 aromatic rings. The van der Waals surface area contributed by atoms with Crippen molar-refractivity contribution in [3.8, 4) is 5.75 Å². The molecule has 7 nitrogen and oxygen atoms in total. The van der Waals surface area contributed by atoms with E-state index in [2.05, 4.69) is 20.5 Å². The average molecular weight is 463 g/mol. The summed E-state index contributed by atoms with van der Waals surface area (Å²) in [6.45, 7) is 3.06. The summed E-state index contributed by atoms with van der Waals surface area (Å²) in [6, 6.07) is 14.9. The van der Waals surface area contributed by atoms with Crippen LogP contribution >= 0.6 is 0 Å². The van der Waals surface area contributed by atoms with Gasteiger partial charge in [-0.05, 0) is 67.8 Å². The molecule has 176 valence electrons. The van der Waals surface area contributed by atoms with Crippen molar-refractivity contribution in [2.45, 2.75) is 19.8 Å². The number of aromatic nitrogens is 1. The standard InChI is InChI=1S/C26H27FN4O3/c1-17-14-20(27)6-7-23(17)30-25(32)18-9-12-31(13-10-18)24-15-19(8-11-28-24)26(33)29-21-4-3-5-22(16-21)34-2/h3-8,11,14-16,18H,9-10,12-13H2,1-2H3,(H,29,33)(H,30,32). The molecule has 0 unspecified atom stereocenters. The van der Waals surface area contributed by atoms with Gasteiger partial charge >= 0.3 is 0 Å². The lowest BCUT2D eigenvalue weighted by Crippen LogP contribution is -2.38. The number of methoxy groups -OCH3 is 1. The molecule has 2 heterocycles. The molecule has 0 radical (unpaired) electrons. The molecule has 1 aliphatic heterocycles. The van der Waals surface area contributed by atoms with Crippen LogP contribution < -0.4 is 20.3 Å². The molecule has 2 aromatic carbocycles. The lowest BCUT2D eigenvalue weighted by Gasteiger charge is -2.32. The third kappa shape index (κ3) is 5.51. The SMILES string of the molecule is COc1cccc(NC(=O)c2ccnc(N3CCC(C(=O)Nc4ccc(F)cc4C)CC3)c2)c1. The van der Waals surface area contributed by atoms with E-state index in [1.807, 2.05) is 12.1 Å². The summed E-state index contributed by atoms with van der Waals surface area (Å²) in [4.78, 5) is 32.0. The molecule has 1 fully saturated rings. The second kappa shape index (κ2) is 10.3. The van der Waals surface area contributed by atoms with Gasteiger partial charge in [-0.1, -0.05) is 6.07 Å². The number of anilines is 3. The highest BCUT2D eigenvalue weighted by Gasteiger charge is 2.26. The van der Waals surface area contributed by atoms with Gasteiger partial charge in [-0.15, -0.1) is 0 Å². The number of benzene rings is 2. The number of halogens is 1. The van der Waals surface area contributed by atoms with Crippen molar-refractivity contribution >= 4 is 29.0 Å². The van der Waals surface area contributed by atoms with E-state index in [-0.39, 0.29) is 23.5 Å². The number of nitrogens with zero attached hydrogens (tertiary/aromatic N) is 2. The predicted octanol–water partition coefficient (Wildman–Crippen LogP) is 4.65. The molecule has 0 spiro atoms. The molecular formula is C26H27FN4O3. The number of hydrogen-bond acceptors (Lipinski definition) is 5. The number of pyridine rings is 1. The van der Waals surface area contributed by atoms with Crippen LogP contribution in [0.25, 0.3) is 0 Å². The second-order valence-electron chi connectivity index (χ2n) is 8.30. The van der Waals surface area contributed by atoms with Gasteiger partial charge in [-0.3, -0.25) is 9.59 Å². The van der Waals surface area contributed by atoms with E-state index < -0.39 is 0 Å². The van der Waals surface area contributed by atoms with Crippen LogP contribution in [0, 0.1) is 18.7 Å². The van der Waals surface area contributed by atoms with Crippen LogP contribution in [0.5, 0.6) is 5.75 Å². The number of aryl methyl sites for hydroxylation is 1. The highest BCUT2D eigenvalue weighted by atomic mass is 19.1. The van der Waals surface area contributed by atoms with Crippen molar-refractivity contribution in [3.05, 3.63) is 77.7 Å². The van der Waals surface area contributed by atoms with E-state index in [1.54, 1.807) is 50.6 Å². The maximum atomic E-state index is 13.3. The van der Waals surface area contributed by atoms with Crippen LogP contribution in [-0.2, 0) is 4.79 Å². The average Bonchev–Trinajstić information content (AvgIpc) is 2.86. The monoisotopic (exact) mass is 462 g/mol. The van der Waals surface area contributed by atoms with Crippen molar-refractivity contribution in [3.63, 3.8) is 0 Å². The van der Waals surface area contributed by atoms with Crippen molar-refractivity contribution < 1.29 is 18.7 Å². The maximum absolute atomic E-state index is 13.3. The van der Waals surface area contributed by atoms with Gasteiger partial charge in [0.25, 0.3) is 5.91 Å². The van der Waals surface area contributed by atoms with Gasteiger partial charge in [0.15, 0.2) is 0 Å². The third-order valence-electron chi connectivity index (χ3n) is 5.97. The fraction of sp³-hybridized carbons (Fsp3) is 0.269. The normalized spacial score (nSPS) is 13.9. The number of nitrogens with one attached hydrogen (secondary N) is 2. The number of carbonyl (C=O) groups excluding carboxylic acids is 2. The van der Waals surface area contributed by atoms with E-state index in [0.29, 0.717) is 60.0 Å². The van der Waals surface area contributed by atoms with Gasteiger partial charge in [0.05, 0.1) is 7.11 Å². The van der Waals surface area contributed by atoms with Gasteiger partial charge in [0.2, 0.25) is 5.91 Å². The van der Waals surface area contributed by atoms with Gasteiger partial charge in [0, 0.05) is 48.2 Å². The largest absolute Gasteiger partial charge is 0.497 e. The van der Waals surface area contributed by atoms with Crippen LogP contribution in [0.1, 0.15) is 28.8 Å². The Hall–Kier alpha value is -3.94. The predicted molar refractivity (Wildman–Crippen MR) is 130 cm³/mol. The zero-order valence-corrected chi connectivity index (χ0v) is 19.2. The van der Waals surface area contributed by atoms with Gasteiger partial charge < -0.3 is 20.3 Å². The molecule has 4 rings (SSSR count). The first kappa shape index (κ1) is 23.2. The van der Waals surface area contributed by atoms with Gasteiger partial charge in [-0.25, -0.2) is 9.37 Å². The molecule has 1 aromatic heterocycles. The number of hydrogen-bond donors (Lipinski definition) is 2. The maximum Gasteiger partial charge on any atom is 0.255 e. The van der Waals surface area contributed by atoms with Crippen molar-refractivity contribution in [1.82, 2.24) is 4.98 Å². The lowest BCUT2D eigenvalue weighted by molar-refractivity contribution is -0.120. The minimum Gasteiger partial charge on any atom is -0.497 e. The first-order valence-electron chi connectivity index (χ1n) is 11.2. The van der Waals surface area contributed by atoms with E-state index in [4.69, 9.17) is 4.74 Å². The first-order valence-corrected chi connectivity index (χ1v) is 11.2. The first-order chi connectivity index (χ1) is 16.4. The number of amides is 2. The zero-order chi connectivity index (χ0) is 24.1. The third-order valence-corrected chi connectivity index (χ3v) is 5.97. The highest BCUT2D eigenvalue weighted by molar-refractivity contribution is 6.04. The summed E-state index contributed by atoms with van der Waals surface area (Å²) in [5, 5.41) is 5.79. The van der Waals surface area contributed by atoms with Crippen molar-refractivity contribution in [2.75, 3.05) is 35.7 Å². The molecule has 0 aliphatic carbocycles. The van der Waals surface area contributed by atoms with Gasteiger partial charge in [0.1, 0.15) is 17.4 Å². The fourth-order valence-electron chi connectivity index (χ4n) is 4.01. The summed E-state index contributed by atoms with van der Waals surface area (Å²) in [6.07, 6.45) is 2.94. The van der Waals surface area contributed by atoms with Crippen molar-refractivity contribution in [1.29, 1.82) is 0 Å². The molecule has 2 amide bonds. The molecule has 0 saturated carbocycles. The summed E-state index contributed by atoms with van der Waals surface area (Å²) in [5.41, 5.74) is 2.47. The fourth-order valence-corrected chi connectivity index (χ4v) is 4.01. The number of carbonyl (C=O) groups is 2. The molecule has 1 aliphatic rings. The Morgan fingerprint density at radius 1 is 1.06 bits per heavy atom. The molecule has 2 N–H and O–H groups in total. The Bertz CT molecular complexity index is 1190. The smallest absolute Gasteiger partial charge is 0.255 e. The molecular weight excluding hydrogens is 435 g/mol. The quantitative estimate of drug-likeness (QED) is 0.557. The summed E-state index contributed by atoms with van der Waals surface area (Å²) in [7, 11) is 1.58. The van der Waals surface area contributed by atoms with Crippen LogP contribution in [0.3, 0.4) is 0 Å². The molecule has 0 atom stereocenters. The van der Waals surface area contributed by atoms with E-state index in [1.165, 1.54) is 12.1 Å². The van der Waals surface area contributed by atoms with Crippen LogP contribution in [0.4, 0.5) is 21.6 Å². The minimum absolute atomic E-state index is 0.0614. The molecule has 0 bridgehead atoms. The van der Waals surface area contributed by atoms with E-state index in [0.717, 1.165) is 0 Å². The van der Waals surface area contributed by atoms with Crippen LogP contribution in [0.2, 0.25) is 0 Å². The zero-order valence-electron chi connectivity index (χ0n) is 19.2. The number of piperidine rings is 1. The Morgan fingerprint density at radius 2 is 1.85 bits per heavy atom. The Balaban J connectivity index is 1.35. The lowest BCUT2D eigenvalue weighted by atomic mass is 9.95. The Morgan fingerprint density at radius 3 is 2.59 bits per heavy atom. The number of rotatable bonds is 6. The number of ether oxygens (including phenoxy) is 1. The molecule has 1 saturated heterocycles. The minimum atomic E-state index is -0.323. The summed E-state index contributed by atoms with van der Waals surface area (Å²) < 4.78 is 18.5. The van der Waals surface area contributed by atoms with Crippen LogP contribution in [0.15, 0.2) is 60.8 Å². The highest BCUT2D eigenvalue weighted by Crippen LogP contribution is 2.25. The Labute approximate surface area is 198 Å². The summed E-state index contributed by atoms with van der Waals surface area (Å²) in [5.74, 6) is 0.603. The van der Waals surface area contributed by atoms with Gasteiger partial charge in [-0.2, -0.15) is 0 Å². The van der Waals surface area contributed by atoms with E-state index in [9.17, 15) is 14.0 Å². The summed E-state index contributed by atoms with van der Waals surface area (Å²) >= 11 is 0. The molecule has 8 heteroatoms.